The van der Waals surface area contributed by atoms with E-state index in [4.69, 9.17) is 5.73 Å². The van der Waals surface area contributed by atoms with E-state index >= 15 is 0 Å². The van der Waals surface area contributed by atoms with E-state index < -0.39 is 0 Å². The summed E-state index contributed by atoms with van der Waals surface area (Å²) in [6.45, 7) is 4.44. The van der Waals surface area contributed by atoms with Crippen LogP contribution in [0.5, 0.6) is 0 Å². The average molecular weight is 205 g/mol. The minimum absolute atomic E-state index is 0.697. The number of aryl methyl sites for hydroxylation is 2. The molecule has 1 aliphatic carbocycles. The molecule has 1 heterocycles. The summed E-state index contributed by atoms with van der Waals surface area (Å²) < 4.78 is 0. The molecule has 3 nitrogen and oxygen atoms in total. The summed E-state index contributed by atoms with van der Waals surface area (Å²) in [6.07, 6.45) is 5.41. The van der Waals surface area contributed by atoms with Gasteiger partial charge in [-0.1, -0.05) is 13.8 Å². The van der Waals surface area contributed by atoms with Gasteiger partial charge in [0.1, 0.15) is 11.6 Å². The van der Waals surface area contributed by atoms with Crippen LogP contribution in [0, 0.1) is 5.92 Å². The van der Waals surface area contributed by atoms with Gasteiger partial charge in [0.05, 0.1) is 0 Å². The van der Waals surface area contributed by atoms with Crippen molar-refractivity contribution >= 4 is 5.82 Å². The number of anilines is 1. The van der Waals surface area contributed by atoms with Gasteiger partial charge in [0.25, 0.3) is 0 Å². The van der Waals surface area contributed by atoms with Crippen molar-refractivity contribution < 1.29 is 0 Å². The Morgan fingerprint density at radius 3 is 2.80 bits per heavy atom. The normalized spacial score (nSPS) is 14.6. The van der Waals surface area contributed by atoms with E-state index in [-0.39, 0.29) is 0 Å². The highest BCUT2D eigenvalue weighted by atomic mass is 15.0. The molecule has 1 aliphatic rings. The molecule has 0 amide bonds. The van der Waals surface area contributed by atoms with Gasteiger partial charge in [0.2, 0.25) is 0 Å². The van der Waals surface area contributed by atoms with Crippen LogP contribution in [0.3, 0.4) is 0 Å². The molecule has 1 aromatic rings. The van der Waals surface area contributed by atoms with Crippen LogP contribution in [0.25, 0.3) is 0 Å². The molecule has 0 unspecified atom stereocenters. The number of hydrogen-bond acceptors (Lipinski definition) is 3. The highest BCUT2D eigenvalue weighted by molar-refractivity contribution is 5.44. The van der Waals surface area contributed by atoms with E-state index in [9.17, 15) is 0 Å². The molecule has 0 radical (unpaired) electrons. The van der Waals surface area contributed by atoms with Gasteiger partial charge < -0.3 is 5.73 Å². The fraction of sp³-hybridized carbons (Fsp3) is 0.667. The molecule has 82 valence electrons. The fourth-order valence-corrected chi connectivity index (χ4v) is 2.04. The lowest BCUT2D eigenvalue weighted by molar-refractivity contribution is 0.574. The van der Waals surface area contributed by atoms with Crippen molar-refractivity contribution in [1.29, 1.82) is 0 Å². The highest BCUT2D eigenvalue weighted by Gasteiger charge is 2.17. The molecule has 3 heteroatoms. The third-order valence-corrected chi connectivity index (χ3v) is 2.96. The fourth-order valence-electron chi connectivity index (χ4n) is 2.04. The summed E-state index contributed by atoms with van der Waals surface area (Å²) in [5, 5.41) is 0. The summed E-state index contributed by atoms with van der Waals surface area (Å²) >= 11 is 0. The Bertz CT molecular complexity index is 358. The molecular formula is C12H19N3. The van der Waals surface area contributed by atoms with Crippen LogP contribution in [-0.4, -0.2) is 9.97 Å². The standard InChI is InChI=1S/C12H19N3/c1-8(2)6-7-11-14-10-5-3-4-9(10)12(13)15-11/h8H,3-7H2,1-2H3,(H2,13,14,15). The van der Waals surface area contributed by atoms with Gasteiger partial charge in [-0.2, -0.15) is 0 Å². The minimum atomic E-state index is 0.697. The second-order valence-corrected chi connectivity index (χ2v) is 4.74. The summed E-state index contributed by atoms with van der Waals surface area (Å²) in [6, 6.07) is 0. The number of rotatable bonds is 3. The molecule has 0 bridgehead atoms. The number of hydrogen-bond donors (Lipinski definition) is 1. The van der Waals surface area contributed by atoms with Crippen molar-refractivity contribution in [3.05, 3.63) is 17.1 Å². The lowest BCUT2D eigenvalue weighted by atomic mass is 10.1. The Kier molecular flexibility index (Phi) is 2.89. The predicted molar refractivity (Wildman–Crippen MR) is 61.6 cm³/mol. The predicted octanol–water partition coefficient (Wildman–Crippen LogP) is 2.14. The van der Waals surface area contributed by atoms with E-state index in [1.54, 1.807) is 0 Å². The molecule has 0 fully saturated rings. The zero-order valence-electron chi connectivity index (χ0n) is 9.58. The Labute approximate surface area is 91.1 Å². The molecule has 0 aromatic carbocycles. The molecule has 0 saturated carbocycles. The van der Waals surface area contributed by atoms with Crippen LogP contribution < -0.4 is 5.73 Å². The van der Waals surface area contributed by atoms with Crippen molar-refractivity contribution in [1.82, 2.24) is 9.97 Å². The molecular weight excluding hydrogens is 186 g/mol. The Hall–Kier alpha value is -1.12. The van der Waals surface area contributed by atoms with Gasteiger partial charge in [-0.15, -0.1) is 0 Å². The monoisotopic (exact) mass is 205 g/mol. The summed E-state index contributed by atoms with van der Waals surface area (Å²) in [5.74, 6) is 2.35. The first-order chi connectivity index (χ1) is 7.16. The number of nitrogen functional groups attached to an aromatic ring is 1. The van der Waals surface area contributed by atoms with Crippen LogP contribution >= 0.6 is 0 Å². The van der Waals surface area contributed by atoms with Crippen molar-refractivity contribution in [3.8, 4) is 0 Å². The number of nitrogens with two attached hydrogens (primary N) is 1. The molecule has 2 N–H and O–H groups in total. The third kappa shape index (κ3) is 2.28. The average Bonchev–Trinajstić information content (AvgIpc) is 2.63. The zero-order chi connectivity index (χ0) is 10.8. The maximum absolute atomic E-state index is 5.93. The first-order valence-corrected chi connectivity index (χ1v) is 5.81. The van der Waals surface area contributed by atoms with Crippen LogP contribution in [0.1, 0.15) is 43.8 Å². The van der Waals surface area contributed by atoms with Gasteiger partial charge >= 0.3 is 0 Å². The first kappa shape index (κ1) is 10.4. The van der Waals surface area contributed by atoms with E-state index in [1.807, 2.05) is 0 Å². The van der Waals surface area contributed by atoms with E-state index in [0.29, 0.717) is 5.92 Å². The smallest absolute Gasteiger partial charge is 0.131 e. The van der Waals surface area contributed by atoms with Gasteiger partial charge in [-0.05, 0) is 31.6 Å². The summed E-state index contributed by atoms with van der Waals surface area (Å²) in [4.78, 5) is 8.98. The number of nitrogens with zero attached hydrogens (tertiary/aromatic N) is 2. The minimum Gasteiger partial charge on any atom is -0.383 e. The molecule has 0 saturated heterocycles. The van der Waals surface area contributed by atoms with Gasteiger partial charge in [-0.25, -0.2) is 9.97 Å². The Morgan fingerprint density at radius 1 is 1.27 bits per heavy atom. The quantitative estimate of drug-likeness (QED) is 0.822. The van der Waals surface area contributed by atoms with Gasteiger partial charge in [0.15, 0.2) is 0 Å². The largest absolute Gasteiger partial charge is 0.383 e. The second kappa shape index (κ2) is 4.17. The first-order valence-electron chi connectivity index (χ1n) is 5.81. The van der Waals surface area contributed by atoms with E-state index in [0.717, 1.165) is 37.3 Å². The van der Waals surface area contributed by atoms with E-state index in [1.165, 1.54) is 17.7 Å². The maximum atomic E-state index is 5.93. The number of aromatic nitrogens is 2. The topological polar surface area (TPSA) is 51.8 Å². The molecule has 2 rings (SSSR count). The molecule has 0 spiro atoms. The Morgan fingerprint density at radius 2 is 2.07 bits per heavy atom. The SMILES string of the molecule is CC(C)CCc1nc(N)c2c(n1)CCC2. The molecule has 0 atom stereocenters. The van der Waals surface area contributed by atoms with Crippen molar-refractivity contribution in [2.45, 2.75) is 46.0 Å². The third-order valence-electron chi connectivity index (χ3n) is 2.96. The van der Waals surface area contributed by atoms with E-state index in [2.05, 4.69) is 23.8 Å². The maximum Gasteiger partial charge on any atom is 0.131 e. The lowest BCUT2D eigenvalue weighted by Crippen LogP contribution is -2.06. The molecule has 15 heavy (non-hydrogen) atoms. The second-order valence-electron chi connectivity index (χ2n) is 4.74. The van der Waals surface area contributed by atoms with Crippen molar-refractivity contribution in [2.24, 2.45) is 5.92 Å². The van der Waals surface area contributed by atoms with Crippen LogP contribution in [-0.2, 0) is 19.3 Å². The van der Waals surface area contributed by atoms with Crippen LogP contribution in [0.2, 0.25) is 0 Å². The zero-order valence-corrected chi connectivity index (χ0v) is 9.58. The van der Waals surface area contributed by atoms with Gasteiger partial charge in [-0.3, -0.25) is 0 Å². The summed E-state index contributed by atoms with van der Waals surface area (Å²) in [5.41, 5.74) is 8.32. The van der Waals surface area contributed by atoms with Crippen molar-refractivity contribution in [3.63, 3.8) is 0 Å². The van der Waals surface area contributed by atoms with Crippen LogP contribution in [0.15, 0.2) is 0 Å². The molecule has 0 aliphatic heterocycles. The van der Waals surface area contributed by atoms with Crippen LogP contribution in [0.4, 0.5) is 5.82 Å². The van der Waals surface area contributed by atoms with Crippen molar-refractivity contribution in [2.75, 3.05) is 5.73 Å². The Balaban J connectivity index is 2.16. The highest BCUT2D eigenvalue weighted by Crippen LogP contribution is 2.24. The summed E-state index contributed by atoms with van der Waals surface area (Å²) in [7, 11) is 0. The van der Waals surface area contributed by atoms with Gasteiger partial charge in [0, 0.05) is 17.7 Å². The number of fused-ring (bicyclic) bond motifs is 1. The lowest BCUT2D eigenvalue weighted by Gasteiger charge is -2.07. The molecule has 1 aromatic heterocycles.